The molecular formula is C18H11Cl5N2O2. The predicted molar refractivity (Wildman–Crippen MR) is 113 cm³/mol. The number of anilines is 2. The Morgan fingerprint density at radius 3 is 1.37 bits per heavy atom. The molecule has 0 bridgehead atoms. The first kappa shape index (κ1) is 20.1. The zero-order chi connectivity index (χ0) is 19.7. The molecule has 0 heterocycles. The highest BCUT2D eigenvalue weighted by Gasteiger charge is 2.16. The molecule has 0 saturated heterocycles. The van der Waals surface area contributed by atoms with E-state index >= 15 is 0 Å². The summed E-state index contributed by atoms with van der Waals surface area (Å²) in [4.78, 5) is 0. The van der Waals surface area contributed by atoms with E-state index < -0.39 is 0 Å². The van der Waals surface area contributed by atoms with Crippen molar-refractivity contribution in [2.24, 2.45) is 0 Å². The molecule has 0 aromatic heterocycles. The van der Waals surface area contributed by atoms with Crippen LogP contribution in [-0.2, 0) is 0 Å². The van der Waals surface area contributed by atoms with Crippen molar-refractivity contribution in [3.8, 4) is 23.0 Å². The monoisotopic (exact) mass is 462 g/mol. The van der Waals surface area contributed by atoms with Gasteiger partial charge in [0.05, 0.1) is 11.4 Å². The summed E-state index contributed by atoms with van der Waals surface area (Å²) < 4.78 is 11.5. The van der Waals surface area contributed by atoms with Gasteiger partial charge in [0.2, 0.25) is 0 Å². The first-order valence-corrected chi connectivity index (χ1v) is 9.28. The van der Waals surface area contributed by atoms with Gasteiger partial charge in [0.25, 0.3) is 0 Å². The van der Waals surface area contributed by atoms with Crippen LogP contribution in [0.1, 0.15) is 0 Å². The van der Waals surface area contributed by atoms with Crippen molar-refractivity contribution >= 4 is 69.4 Å². The molecule has 0 aliphatic rings. The molecule has 0 saturated carbocycles. The molecule has 0 aliphatic carbocycles. The topological polar surface area (TPSA) is 70.5 Å². The van der Waals surface area contributed by atoms with Gasteiger partial charge in [0.15, 0.2) is 0 Å². The van der Waals surface area contributed by atoms with E-state index in [0.29, 0.717) is 10.0 Å². The third-order valence-electron chi connectivity index (χ3n) is 3.43. The average molecular weight is 465 g/mol. The quantitative estimate of drug-likeness (QED) is 0.388. The predicted octanol–water partition coefficient (Wildman–Crippen LogP) is 7.70. The van der Waals surface area contributed by atoms with Crippen molar-refractivity contribution < 1.29 is 9.47 Å². The Bertz CT molecular complexity index is 949. The van der Waals surface area contributed by atoms with Crippen molar-refractivity contribution in [1.82, 2.24) is 0 Å². The second kappa shape index (κ2) is 8.13. The zero-order valence-corrected chi connectivity index (χ0v) is 17.2. The summed E-state index contributed by atoms with van der Waals surface area (Å²) in [7, 11) is 0. The molecule has 140 valence electrons. The number of hydrogen-bond acceptors (Lipinski definition) is 4. The van der Waals surface area contributed by atoms with E-state index in [0.717, 1.165) is 0 Å². The lowest BCUT2D eigenvalue weighted by Crippen LogP contribution is -1.94. The molecule has 3 aromatic carbocycles. The van der Waals surface area contributed by atoms with E-state index in [1.165, 1.54) is 24.3 Å². The van der Waals surface area contributed by atoms with Crippen molar-refractivity contribution in [1.29, 1.82) is 0 Å². The van der Waals surface area contributed by atoms with Crippen LogP contribution in [0.25, 0.3) is 0 Å². The van der Waals surface area contributed by atoms with Gasteiger partial charge in [-0.15, -0.1) is 0 Å². The summed E-state index contributed by atoms with van der Waals surface area (Å²) in [6.07, 6.45) is 0. The van der Waals surface area contributed by atoms with E-state index in [2.05, 4.69) is 0 Å². The van der Waals surface area contributed by atoms with E-state index in [1.807, 2.05) is 0 Å². The molecule has 9 heteroatoms. The maximum absolute atomic E-state index is 6.41. The Kier molecular flexibility index (Phi) is 6.04. The zero-order valence-electron chi connectivity index (χ0n) is 13.4. The largest absolute Gasteiger partial charge is 0.454 e. The highest BCUT2D eigenvalue weighted by atomic mass is 35.5. The van der Waals surface area contributed by atoms with Crippen molar-refractivity contribution in [3.05, 3.63) is 67.6 Å². The third kappa shape index (κ3) is 4.42. The molecule has 4 nitrogen and oxygen atoms in total. The minimum Gasteiger partial charge on any atom is -0.454 e. The summed E-state index contributed by atoms with van der Waals surface area (Å²) in [6.45, 7) is 0. The van der Waals surface area contributed by atoms with Crippen molar-refractivity contribution in [3.63, 3.8) is 0 Å². The normalized spacial score (nSPS) is 10.7. The molecule has 0 amide bonds. The molecule has 0 spiro atoms. The number of rotatable bonds is 4. The standard InChI is InChI=1S/C18H11Cl5N2O2/c19-8-4-10(24)16(21)14(6-8)26-12-2-1-3-13(18(12)23)27-15-7-9(20)5-11(25)17(15)22/h1-7H,24-25H2. The molecule has 3 aromatic rings. The van der Waals surface area contributed by atoms with Gasteiger partial charge in [-0.2, -0.15) is 0 Å². The second-order valence-electron chi connectivity index (χ2n) is 5.39. The van der Waals surface area contributed by atoms with Crippen LogP contribution in [0.15, 0.2) is 42.5 Å². The van der Waals surface area contributed by atoms with Gasteiger partial charge in [-0.05, 0) is 24.3 Å². The summed E-state index contributed by atoms with van der Waals surface area (Å²) >= 11 is 30.7. The number of halogens is 5. The highest BCUT2D eigenvalue weighted by Crippen LogP contribution is 2.44. The van der Waals surface area contributed by atoms with E-state index in [1.54, 1.807) is 18.2 Å². The summed E-state index contributed by atoms with van der Waals surface area (Å²) in [5, 5.41) is 1.36. The molecule has 0 aliphatic heterocycles. The van der Waals surface area contributed by atoms with Gasteiger partial charge >= 0.3 is 0 Å². The van der Waals surface area contributed by atoms with E-state index in [-0.39, 0.29) is 49.4 Å². The summed E-state index contributed by atoms with van der Waals surface area (Å²) in [5.41, 5.74) is 12.2. The maximum atomic E-state index is 6.41. The Hall–Kier alpha value is -1.69. The number of benzene rings is 3. The minimum absolute atomic E-state index is 0.182. The number of nitrogens with two attached hydrogens (primary N) is 2. The molecule has 27 heavy (non-hydrogen) atoms. The summed E-state index contributed by atoms with van der Waals surface area (Å²) in [5.74, 6) is 1.07. The van der Waals surface area contributed by atoms with Crippen LogP contribution < -0.4 is 20.9 Å². The maximum Gasteiger partial charge on any atom is 0.149 e. The average Bonchev–Trinajstić information content (AvgIpc) is 2.60. The van der Waals surface area contributed by atoms with Crippen molar-refractivity contribution in [2.75, 3.05) is 11.5 Å². The van der Waals surface area contributed by atoms with Gasteiger partial charge in [-0.3, -0.25) is 0 Å². The van der Waals surface area contributed by atoms with Gasteiger partial charge < -0.3 is 20.9 Å². The molecule has 4 N–H and O–H groups in total. The van der Waals surface area contributed by atoms with Crippen LogP contribution in [0, 0.1) is 0 Å². The Morgan fingerprint density at radius 1 is 0.556 bits per heavy atom. The molecule has 0 radical (unpaired) electrons. The first-order valence-electron chi connectivity index (χ1n) is 7.39. The van der Waals surface area contributed by atoms with Gasteiger partial charge in [0.1, 0.15) is 38.1 Å². The molecule has 0 unspecified atom stereocenters. The number of ether oxygens (including phenoxy) is 2. The van der Waals surface area contributed by atoms with Crippen molar-refractivity contribution in [2.45, 2.75) is 0 Å². The first-order chi connectivity index (χ1) is 12.8. The van der Waals surface area contributed by atoms with Gasteiger partial charge in [0, 0.05) is 22.2 Å². The van der Waals surface area contributed by atoms with Gasteiger partial charge in [-0.1, -0.05) is 64.1 Å². The van der Waals surface area contributed by atoms with Crippen LogP contribution in [-0.4, -0.2) is 0 Å². The molecular weight excluding hydrogens is 453 g/mol. The number of hydrogen-bond donors (Lipinski definition) is 2. The molecule has 0 atom stereocenters. The van der Waals surface area contributed by atoms with Crippen LogP contribution in [0.5, 0.6) is 23.0 Å². The Balaban J connectivity index is 1.96. The van der Waals surface area contributed by atoms with Crippen LogP contribution in [0.3, 0.4) is 0 Å². The highest BCUT2D eigenvalue weighted by molar-refractivity contribution is 6.37. The Labute approximate surface area is 180 Å². The second-order valence-corrected chi connectivity index (χ2v) is 7.39. The van der Waals surface area contributed by atoms with E-state index in [4.69, 9.17) is 78.9 Å². The van der Waals surface area contributed by atoms with Crippen LogP contribution >= 0.6 is 58.0 Å². The SMILES string of the molecule is Nc1cc(Cl)cc(Oc2cccc(Oc3cc(Cl)cc(N)c3Cl)c2Cl)c1Cl. The minimum atomic E-state index is 0.182. The summed E-state index contributed by atoms with van der Waals surface area (Å²) in [6, 6.07) is 11.0. The smallest absolute Gasteiger partial charge is 0.149 e. The molecule has 0 fully saturated rings. The number of nitrogen functional groups attached to an aromatic ring is 2. The molecule has 3 rings (SSSR count). The van der Waals surface area contributed by atoms with Crippen LogP contribution in [0.4, 0.5) is 11.4 Å². The third-order valence-corrected chi connectivity index (χ3v) is 5.05. The fourth-order valence-corrected chi connectivity index (χ4v) is 3.13. The lowest BCUT2D eigenvalue weighted by molar-refractivity contribution is 0.461. The lowest BCUT2D eigenvalue weighted by atomic mass is 10.2. The van der Waals surface area contributed by atoms with Crippen LogP contribution in [0.2, 0.25) is 25.1 Å². The lowest BCUT2D eigenvalue weighted by Gasteiger charge is -2.15. The fourth-order valence-electron chi connectivity index (χ4n) is 2.20. The fraction of sp³-hybridized carbons (Fsp3) is 0. The van der Waals surface area contributed by atoms with E-state index in [9.17, 15) is 0 Å². The van der Waals surface area contributed by atoms with Gasteiger partial charge in [-0.25, -0.2) is 0 Å². The Morgan fingerprint density at radius 2 is 0.963 bits per heavy atom.